The third-order valence-electron chi connectivity index (χ3n) is 5.96. The van der Waals surface area contributed by atoms with Crippen molar-refractivity contribution in [2.75, 3.05) is 5.32 Å². The first-order chi connectivity index (χ1) is 12.7. The van der Waals surface area contributed by atoms with Gasteiger partial charge >= 0.3 is 0 Å². The summed E-state index contributed by atoms with van der Waals surface area (Å²) in [5.41, 5.74) is 2.43. The highest BCUT2D eigenvalue weighted by atomic mass is 32.1. The highest BCUT2D eigenvalue weighted by molar-refractivity contribution is 7.80. The summed E-state index contributed by atoms with van der Waals surface area (Å²) in [5.74, 6) is 0. The van der Waals surface area contributed by atoms with Gasteiger partial charge in [-0.25, -0.2) is 0 Å². The predicted molar refractivity (Wildman–Crippen MR) is 114 cm³/mol. The molecule has 2 aliphatic heterocycles. The molecular formula is C21H28N3S2+. The Hall–Kier alpha value is -1.43. The molecule has 1 aromatic heterocycles. The summed E-state index contributed by atoms with van der Waals surface area (Å²) >= 11 is 7.47. The topological polar surface area (TPSA) is 28.5 Å². The van der Waals surface area contributed by atoms with Crippen LogP contribution in [0.4, 0.5) is 5.69 Å². The van der Waals surface area contributed by atoms with E-state index in [4.69, 9.17) is 12.2 Å². The second-order valence-electron chi connectivity index (χ2n) is 7.62. The van der Waals surface area contributed by atoms with E-state index < -0.39 is 0 Å². The molecule has 4 atom stereocenters. The van der Waals surface area contributed by atoms with Gasteiger partial charge < -0.3 is 15.5 Å². The maximum atomic E-state index is 5.57. The Kier molecular flexibility index (Phi) is 5.57. The molecule has 138 valence electrons. The number of rotatable bonds is 5. The molecule has 3 N–H and O–H groups in total. The fraction of sp³-hybridized carbons (Fsp3) is 0.476. The van der Waals surface area contributed by atoms with Crippen LogP contribution in [0.3, 0.4) is 0 Å². The minimum Gasteiger partial charge on any atom is -0.359 e. The molecule has 0 radical (unpaired) electrons. The molecule has 0 spiro atoms. The highest BCUT2D eigenvalue weighted by Gasteiger charge is 2.44. The third-order valence-corrected chi connectivity index (χ3v) is 7.06. The van der Waals surface area contributed by atoms with E-state index in [2.05, 4.69) is 59.3 Å². The van der Waals surface area contributed by atoms with Gasteiger partial charge in [0.1, 0.15) is 6.54 Å². The van der Waals surface area contributed by atoms with Crippen molar-refractivity contribution in [3.63, 3.8) is 0 Å². The first-order valence-electron chi connectivity index (χ1n) is 9.75. The summed E-state index contributed by atoms with van der Waals surface area (Å²) in [6, 6.07) is 15.1. The Balaban J connectivity index is 1.30. The summed E-state index contributed by atoms with van der Waals surface area (Å²) in [7, 11) is 0. The second kappa shape index (κ2) is 8.07. The highest BCUT2D eigenvalue weighted by Crippen LogP contribution is 2.24. The average Bonchev–Trinajstić information content (AvgIpc) is 3.22. The van der Waals surface area contributed by atoms with Gasteiger partial charge in [0.05, 0.1) is 17.0 Å². The SMILES string of the molecule is CCc1ccc(NC(=S)NC2C[C@H]3CC[C@@H](C2)[NH+]3Cc2cccs2)cc1. The Morgan fingerprint density at radius 2 is 1.88 bits per heavy atom. The number of thiocarbonyl (C=S) groups is 1. The molecule has 2 bridgehead atoms. The minimum absolute atomic E-state index is 0.509. The summed E-state index contributed by atoms with van der Waals surface area (Å²) < 4.78 is 0. The standard InChI is InChI=1S/C21H27N3S2/c1-2-15-5-7-16(8-6-15)22-21(25)23-17-12-18-9-10-19(13-17)24(18)14-20-4-3-11-26-20/h3-8,11,17-19H,2,9-10,12-14H2,1H3,(H2,22,23,25)/p+1/t17?,18-,19+. The molecule has 2 fully saturated rings. The molecule has 3 nitrogen and oxygen atoms in total. The zero-order valence-corrected chi connectivity index (χ0v) is 17.0. The fourth-order valence-corrected chi connectivity index (χ4v) is 5.65. The molecule has 0 amide bonds. The average molecular weight is 387 g/mol. The predicted octanol–water partition coefficient (Wildman–Crippen LogP) is 3.38. The quantitative estimate of drug-likeness (QED) is 0.688. The van der Waals surface area contributed by atoms with Crippen LogP contribution in [0.1, 0.15) is 43.0 Å². The van der Waals surface area contributed by atoms with Gasteiger partial charge in [-0.1, -0.05) is 25.1 Å². The smallest absolute Gasteiger partial charge is 0.171 e. The molecule has 4 rings (SSSR count). The van der Waals surface area contributed by atoms with E-state index in [1.165, 1.54) is 42.7 Å². The lowest BCUT2D eigenvalue weighted by atomic mass is 9.97. The van der Waals surface area contributed by atoms with Crippen LogP contribution < -0.4 is 15.5 Å². The van der Waals surface area contributed by atoms with Crippen molar-refractivity contribution in [3.8, 4) is 0 Å². The molecule has 26 heavy (non-hydrogen) atoms. The zero-order valence-electron chi connectivity index (χ0n) is 15.3. The molecule has 1 aromatic carbocycles. The molecule has 0 aliphatic carbocycles. The van der Waals surface area contributed by atoms with Crippen molar-refractivity contribution in [2.24, 2.45) is 0 Å². The number of hydrogen-bond acceptors (Lipinski definition) is 2. The van der Waals surface area contributed by atoms with Crippen molar-refractivity contribution in [2.45, 2.75) is 63.7 Å². The van der Waals surface area contributed by atoms with Crippen LogP contribution in [0.15, 0.2) is 41.8 Å². The lowest BCUT2D eigenvalue weighted by molar-refractivity contribution is -0.954. The van der Waals surface area contributed by atoms with Gasteiger partial charge in [-0.05, 0) is 47.8 Å². The molecule has 0 saturated carbocycles. The van der Waals surface area contributed by atoms with Gasteiger partial charge in [0, 0.05) is 37.4 Å². The lowest BCUT2D eigenvalue weighted by Gasteiger charge is -2.36. The molecular weight excluding hydrogens is 358 g/mol. The summed E-state index contributed by atoms with van der Waals surface area (Å²) in [6.45, 7) is 3.38. The Bertz CT molecular complexity index is 712. The van der Waals surface area contributed by atoms with Crippen LogP contribution in [0.5, 0.6) is 0 Å². The minimum atomic E-state index is 0.509. The van der Waals surface area contributed by atoms with Crippen molar-refractivity contribution < 1.29 is 4.90 Å². The van der Waals surface area contributed by atoms with Crippen LogP contribution in [0.2, 0.25) is 0 Å². The van der Waals surface area contributed by atoms with Crippen molar-refractivity contribution in [1.82, 2.24) is 5.32 Å². The summed E-state index contributed by atoms with van der Waals surface area (Å²) in [4.78, 5) is 3.33. The number of quaternary nitrogens is 1. The lowest BCUT2D eigenvalue weighted by Crippen LogP contribution is -3.17. The van der Waals surface area contributed by atoms with Crippen LogP contribution in [0.25, 0.3) is 0 Å². The first-order valence-corrected chi connectivity index (χ1v) is 11.0. The van der Waals surface area contributed by atoms with E-state index in [9.17, 15) is 0 Å². The molecule has 2 aromatic rings. The maximum Gasteiger partial charge on any atom is 0.171 e. The van der Waals surface area contributed by atoms with Crippen LogP contribution in [-0.4, -0.2) is 23.2 Å². The van der Waals surface area contributed by atoms with Gasteiger partial charge in [-0.15, -0.1) is 11.3 Å². The van der Waals surface area contributed by atoms with E-state index in [-0.39, 0.29) is 0 Å². The largest absolute Gasteiger partial charge is 0.359 e. The zero-order chi connectivity index (χ0) is 17.9. The maximum absolute atomic E-state index is 5.57. The van der Waals surface area contributed by atoms with Crippen LogP contribution in [0, 0.1) is 0 Å². The number of nitrogens with one attached hydrogen (secondary N) is 3. The Labute approximate surface area is 165 Å². The molecule has 5 heteroatoms. The van der Waals surface area contributed by atoms with Gasteiger partial charge in [-0.3, -0.25) is 0 Å². The van der Waals surface area contributed by atoms with Crippen molar-refractivity contribution in [1.29, 1.82) is 0 Å². The summed E-state index contributed by atoms with van der Waals surface area (Å²) in [5, 5.41) is 9.90. The van der Waals surface area contributed by atoms with Crippen LogP contribution in [-0.2, 0) is 13.0 Å². The summed E-state index contributed by atoms with van der Waals surface area (Å²) in [6.07, 6.45) is 6.25. The van der Waals surface area contributed by atoms with E-state index in [0.717, 1.165) is 29.3 Å². The van der Waals surface area contributed by atoms with E-state index in [1.54, 1.807) is 4.90 Å². The number of aryl methyl sites for hydroxylation is 1. The molecule has 2 aliphatic rings. The first kappa shape index (κ1) is 18.0. The molecule has 2 saturated heterocycles. The second-order valence-corrected chi connectivity index (χ2v) is 9.06. The number of piperidine rings is 1. The molecule has 2 unspecified atom stereocenters. The van der Waals surface area contributed by atoms with Gasteiger partial charge in [0.25, 0.3) is 0 Å². The number of fused-ring (bicyclic) bond motifs is 2. The van der Waals surface area contributed by atoms with Crippen LogP contribution >= 0.6 is 23.6 Å². The van der Waals surface area contributed by atoms with Gasteiger partial charge in [0.15, 0.2) is 5.11 Å². The Morgan fingerprint density at radius 1 is 1.15 bits per heavy atom. The monoisotopic (exact) mass is 386 g/mol. The van der Waals surface area contributed by atoms with E-state index in [1.807, 2.05) is 11.3 Å². The third kappa shape index (κ3) is 4.11. The van der Waals surface area contributed by atoms with Crippen molar-refractivity contribution >= 4 is 34.4 Å². The Morgan fingerprint density at radius 3 is 2.50 bits per heavy atom. The number of thiophene rings is 1. The van der Waals surface area contributed by atoms with E-state index in [0.29, 0.717) is 6.04 Å². The fourth-order valence-electron chi connectivity index (χ4n) is 4.63. The number of anilines is 1. The van der Waals surface area contributed by atoms with E-state index >= 15 is 0 Å². The van der Waals surface area contributed by atoms with Gasteiger partial charge in [0.2, 0.25) is 0 Å². The van der Waals surface area contributed by atoms with Gasteiger partial charge in [-0.2, -0.15) is 0 Å². The number of hydrogen-bond donors (Lipinski definition) is 3. The van der Waals surface area contributed by atoms with Crippen molar-refractivity contribution in [3.05, 3.63) is 52.2 Å². The molecule has 3 heterocycles. The number of benzene rings is 1. The normalized spacial score (nSPS) is 27.3.